The van der Waals surface area contributed by atoms with Crippen molar-refractivity contribution in [3.8, 4) is 0 Å². The molecule has 0 aromatic heterocycles. The third-order valence-corrected chi connectivity index (χ3v) is 5.19. The van der Waals surface area contributed by atoms with Gasteiger partial charge in [-0.2, -0.15) is 0 Å². The summed E-state index contributed by atoms with van der Waals surface area (Å²) in [6.45, 7) is 2.20. The van der Waals surface area contributed by atoms with Gasteiger partial charge in [0.2, 0.25) is 0 Å². The normalized spacial score (nSPS) is 16.7. The number of methoxy groups -OCH3 is 1. The zero-order valence-corrected chi connectivity index (χ0v) is 13.9. The molecule has 1 fully saturated rings. The Morgan fingerprint density at radius 2 is 2.05 bits per heavy atom. The van der Waals surface area contributed by atoms with Crippen LogP contribution in [-0.2, 0) is 14.6 Å². The second kappa shape index (κ2) is 6.26. The molecular weight excluding hydrogens is 304 g/mol. The number of hydrogen-bond acceptors (Lipinski definition) is 4. The highest BCUT2D eigenvalue weighted by Crippen LogP contribution is 2.32. The van der Waals surface area contributed by atoms with Crippen molar-refractivity contribution in [1.29, 1.82) is 0 Å². The first-order valence-corrected chi connectivity index (χ1v) is 9.04. The summed E-state index contributed by atoms with van der Waals surface area (Å²) in [6.07, 6.45) is 3.99. The van der Waals surface area contributed by atoms with Crippen LogP contribution < -0.4 is 10.6 Å². The second-order valence-electron chi connectivity index (χ2n) is 5.90. The zero-order valence-electron chi connectivity index (χ0n) is 13.1. The number of anilines is 1. The molecule has 1 aliphatic rings. The van der Waals surface area contributed by atoms with Crippen molar-refractivity contribution in [1.82, 2.24) is 5.32 Å². The highest BCUT2D eigenvalue weighted by atomic mass is 32.2. The molecule has 22 heavy (non-hydrogen) atoms. The summed E-state index contributed by atoms with van der Waals surface area (Å²) in [5.41, 5.74) is 0.808. The number of ether oxygens (including phenoxy) is 1. The summed E-state index contributed by atoms with van der Waals surface area (Å²) in [4.78, 5) is 12.3. The van der Waals surface area contributed by atoms with Crippen LogP contribution in [-0.4, -0.2) is 40.0 Å². The number of carbonyl (C=O) groups excluding carboxylic acids is 1. The molecule has 2 rings (SSSR count). The maximum Gasteiger partial charge on any atom is 0.319 e. The minimum Gasteiger partial charge on any atom is -0.382 e. The van der Waals surface area contributed by atoms with Gasteiger partial charge in [0, 0.05) is 19.1 Å². The van der Waals surface area contributed by atoms with Crippen LogP contribution in [0.3, 0.4) is 0 Å². The quantitative estimate of drug-likeness (QED) is 0.868. The van der Waals surface area contributed by atoms with Crippen LogP contribution in [0.15, 0.2) is 23.1 Å². The fourth-order valence-electron chi connectivity index (χ4n) is 2.67. The summed E-state index contributed by atoms with van der Waals surface area (Å²) in [7, 11) is -1.71. The third-order valence-electron chi connectivity index (χ3n) is 3.96. The number of aryl methyl sites for hydroxylation is 1. The first kappa shape index (κ1) is 16.8. The number of benzene rings is 1. The number of carbonyl (C=O) groups is 1. The molecule has 0 atom stereocenters. The predicted octanol–water partition coefficient (Wildman–Crippen LogP) is 2.09. The average Bonchev–Trinajstić information content (AvgIpc) is 2.37. The van der Waals surface area contributed by atoms with Crippen molar-refractivity contribution in [2.75, 3.05) is 25.3 Å². The highest BCUT2D eigenvalue weighted by molar-refractivity contribution is 7.90. The Labute approximate surface area is 131 Å². The number of sulfone groups is 1. The molecule has 1 aromatic rings. The Balaban J connectivity index is 2.09. The van der Waals surface area contributed by atoms with E-state index >= 15 is 0 Å². The maximum atomic E-state index is 12.1. The number of rotatable bonds is 5. The van der Waals surface area contributed by atoms with Crippen molar-refractivity contribution >= 4 is 21.6 Å². The lowest BCUT2D eigenvalue weighted by molar-refractivity contribution is 0.0648. The summed E-state index contributed by atoms with van der Waals surface area (Å²) in [5.74, 6) is 0. The van der Waals surface area contributed by atoms with Crippen LogP contribution in [0.25, 0.3) is 0 Å². The third kappa shape index (κ3) is 3.78. The van der Waals surface area contributed by atoms with E-state index in [9.17, 15) is 13.2 Å². The Bertz CT molecular complexity index is 666. The van der Waals surface area contributed by atoms with Crippen molar-refractivity contribution in [2.24, 2.45) is 0 Å². The first-order chi connectivity index (χ1) is 10.3. The Kier molecular flexibility index (Phi) is 4.77. The lowest BCUT2D eigenvalue weighted by atomic mass is 9.77. The minimum absolute atomic E-state index is 0.223. The Morgan fingerprint density at radius 1 is 1.36 bits per heavy atom. The molecule has 1 aromatic carbocycles. The molecule has 6 nitrogen and oxygen atoms in total. The molecule has 2 N–H and O–H groups in total. The van der Waals surface area contributed by atoms with Crippen molar-refractivity contribution in [3.05, 3.63) is 23.8 Å². The molecule has 7 heteroatoms. The van der Waals surface area contributed by atoms with Gasteiger partial charge in [-0.05, 0) is 43.9 Å². The second-order valence-corrected chi connectivity index (χ2v) is 7.88. The Hall–Kier alpha value is -1.60. The van der Waals surface area contributed by atoms with Crippen molar-refractivity contribution < 1.29 is 17.9 Å². The molecule has 2 amide bonds. The highest BCUT2D eigenvalue weighted by Gasteiger charge is 2.38. The summed E-state index contributed by atoms with van der Waals surface area (Å²) in [5, 5.41) is 5.62. The maximum absolute atomic E-state index is 12.1. The molecule has 0 heterocycles. The number of amides is 2. The van der Waals surface area contributed by atoms with Crippen LogP contribution in [0.4, 0.5) is 10.5 Å². The molecule has 0 radical (unpaired) electrons. The van der Waals surface area contributed by atoms with Gasteiger partial charge in [-0.15, -0.1) is 0 Å². The van der Waals surface area contributed by atoms with Gasteiger partial charge in [0.25, 0.3) is 0 Å². The fourth-order valence-corrected chi connectivity index (χ4v) is 3.66. The van der Waals surface area contributed by atoms with Gasteiger partial charge in [0.1, 0.15) is 0 Å². The summed E-state index contributed by atoms with van der Waals surface area (Å²) >= 11 is 0. The van der Waals surface area contributed by atoms with Gasteiger partial charge in [0.05, 0.1) is 17.0 Å². The van der Waals surface area contributed by atoms with Crippen LogP contribution in [0.2, 0.25) is 0 Å². The molecule has 122 valence electrons. The SMILES string of the molecule is COCC1(NC(=O)Nc2ccc(C)c(S(C)(=O)=O)c2)CCC1. The van der Waals surface area contributed by atoms with E-state index in [4.69, 9.17) is 4.74 Å². The molecule has 0 unspecified atom stereocenters. The number of urea groups is 1. The van der Waals surface area contributed by atoms with Gasteiger partial charge in [-0.3, -0.25) is 0 Å². The zero-order chi connectivity index (χ0) is 16.4. The van der Waals surface area contributed by atoms with Gasteiger partial charge in [-0.25, -0.2) is 13.2 Å². The molecule has 1 aliphatic carbocycles. The smallest absolute Gasteiger partial charge is 0.319 e. The van der Waals surface area contributed by atoms with Crippen LogP contribution in [0, 0.1) is 6.92 Å². The van der Waals surface area contributed by atoms with Crippen LogP contribution in [0.5, 0.6) is 0 Å². The molecular formula is C15H22N2O4S. The first-order valence-electron chi connectivity index (χ1n) is 7.15. The van der Waals surface area contributed by atoms with Gasteiger partial charge < -0.3 is 15.4 Å². The van der Waals surface area contributed by atoms with Crippen molar-refractivity contribution in [3.63, 3.8) is 0 Å². The summed E-state index contributed by atoms with van der Waals surface area (Å²) < 4.78 is 28.6. The molecule has 0 spiro atoms. The molecule has 0 aliphatic heterocycles. The standard InChI is InChI=1S/C15H22N2O4S/c1-11-5-6-12(9-13(11)22(3,19)20)16-14(18)17-15(10-21-2)7-4-8-15/h5-6,9H,4,7-8,10H2,1-3H3,(H2,16,17,18). The lowest BCUT2D eigenvalue weighted by Crippen LogP contribution is -2.57. The molecule has 0 saturated heterocycles. The van der Waals surface area contributed by atoms with Crippen LogP contribution in [0.1, 0.15) is 24.8 Å². The largest absolute Gasteiger partial charge is 0.382 e. The van der Waals surface area contributed by atoms with Crippen molar-refractivity contribution in [2.45, 2.75) is 36.6 Å². The monoisotopic (exact) mass is 326 g/mol. The van der Waals surface area contributed by atoms with E-state index in [0.717, 1.165) is 25.5 Å². The van der Waals surface area contributed by atoms with Gasteiger partial charge >= 0.3 is 6.03 Å². The van der Waals surface area contributed by atoms with E-state index < -0.39 is 9.84 Å². The minimum atomic E-state index is -3.32. The molecule has 1 saturated carbocycles. The Morgan fingerprint density at radius 3 is 2.55 bits per heavy atom. The van der Waals surface area contributed by atoms with E-state index in [-0.39, 0.29) is 16.5 Å². The molecule has 0 bridgehead atoms. The number of hydrogen-bond donors (Lipinski definition) is 2. The van der Waals surface area contributed by atoms with Gasteiger partial charge in [-0.1, -0.05) is 6.07 Å². The van der Waals surface area contributed by atoms with Gasteiger partial charge in [0.15, 0.2) is 9.84 Å². The van der Waals surface area contributed by atoms with E-state index in [1.165, 1.54) is 6.07 Å². The fraction of sp³-hybridized carbons (Fsp3) is 0.533. The van der Waals surface area contributed by atoms with E-state index in [0.29, 0.717) is 17.9 Å². The van der Waals surface area contributed by atoms with E-state index in [1.54, 1.807) is 26.2 Å². The lowest BCUT2D eigenvalue weighted by Gasteiger charge is -2.41. The number of nitrogens with one attached hydrogen (secondary N) is 2. The van der Waals surface area contributed by atoms with E-state index in [1.807, 2.05) is 0 Å². The predicted molar refractivity (Wildman–Crippen MR) is 84.9 cm³/mol. The van der Waals surface area contributed by atoms with Crippen LogP contribution >= 0.6 is 0 Å². The van der Waals surface area contributed by atoms with E-state index in [2.05, 4.69) is 10.6 Å². The topological polar surface area (TPSA) is 84.5 Å². The average molecular weight is 326 g/mol. The summed E-state index contributed by atoms with van der Waals surface area (Å²) in [6, 6.07) is 4.50.